The van der Waals surface area contributed by atoms with E-state index in [0.29, 0.717) is 17.4 Å². The van der Waals surface area contributed by atoms with E-state index in [0.717, 1.165) is 25.7 Å². The van der Waals surface area contributed by atoms with Gasteiger partial charge in [-0.2, -0.15) is 4.98 Å². The van der Waals surface area contributed by atoms with Gasteiger partial charge in [-0.15, -0.1) is 0 Å². The van der Waals surface area contributed by atoms with Crippen LogP contribution in [-0.2, 0) is 0 Å². The van der Waals surface area contributed by atoms with Crippen LogP contribution >= 0.6 is 0 Å². The molecule has 0 aliphatic heterocycles. The van der Waals surface area contributed by atoms with Crippen LogP contribution in [0.4, 0.5) is 11.5 Å². The highest BCUT2D eigenvalue weighted by molar-refractivity contribution is 5.62. The van der Waals surface area contributed by atoms with Crippen LogP contribution in [0.2, 0.25) is 0 Å². The predicted molar refractivity (Wildman–Crippen MR) is 71.7 cm³/mol. The fraction of sp³-hybridized carbons (Fsp3) is 0.615. The van der Waals surface area contributed by atoms with Gasteiger partial charge in [0.1, 0.15) is 0 Å². The van der Waals surface area contributed by atoms with Crippen molar-refractivity contribution in [3.8, 4) is 5.88 Å². The maximum absolute atomic E-state index is 10.1. The monoisotopic (exact) mass is 251 g/mol. The Labute approximate surface area is 107 Å². The minimum absolute atomic E-state index is 0.0226. The fourth-order valence-corrected chi connectivity index (χ4v) is 2.31. The quantitative estimate of drug-likeness (QED) is 0.713. The van der Waals surface area contributed by atoms with Gasteiger partial charge in [0.05, 0.1) is 24.9 Å². The predicted octanol–water partition coefficient (Wildman–Crippen LogP) is 1.78. The van der Waals surface area contributed by atoms with Crippen molar-refractivity contribution in [1.82, 2.24) is 4.98 Å². The second-order valence-electron chi connectivity index (χ2n) is 4.75. The van der Waals surface area contributed by atoms with Crippen LogP contribution in [0.1, 0.15) is 32.1 Å². The Bertz CT molecular complexity index is 398. The number of nitrogen functional groups attached to an aromatic ring is 1. The molecule has 1 aromatic rings. The number of aliphatic hydroxyl groups is 1. The Balaban J connectivity index is 2.11. The van der Waals surface area contributed by atoms with E-state index in [1.54, 1.807) is 19.2 Å². The number of hydrogen-bond acceptors (Lipinski definition) is 5. The molecule has 5 nitrogen and oxygen atoms in total. The lowest BCUT2D eigenvalue weighted by Gasteiger charge is -2.23. The van der Waals surface area contributed by atoms with Crippen molar-refractivity contribution in [1.29, 1.82) is 0 Å². The number of aliphatic hydroxyl groups excluding tert-OH is 1. The Kier molecular flexibility index (Phi) is 4.25. The van der Waals surface area contributed by atoms with Crippen molar-refractivity contribution in [3.05, 3.63) is 12.1 Å². The Hall–Kier alpha value is -1.49. The first-order valence-corrected chi connectivity index (χ1v) is 6.46. The van der Waals surface area contributed by atoms with Crippen molar-refractivity contribution >= 4 is 11.5 Å². The molecule has 1 aliphatic rings. The smallest absolute Gasteiger partial charge is 0.215 e. The largest absolute Gasteiger partial charge is 0.481 e. The number of aromatic nitrogens is 1. The van der Waals surface area contributed by atoms with Crippen LogP contribution < -0.4 is 15.8 Å². The summed E-state index contributed by atoms with van der Waals surface area (Å²) in [6, 6.07) is 3.51. The van der Waals surface area contributed by atoms with Crippen LogP contribution in [0.5, 0.6) is 5.88 Å². The first-order chi connectivity index (χ1) is 8.70. The second kappa shape index (κ2) is 5.91. The maximum Gasteiger partial charge on any atom is 0.215 e. The van der Waals surface area contributed by atoms with Gasteiger partial charge in [0.15, 0.2) is 5.82 Å². The van der Waals surface area contributed by atoms with E-state index in [1.807, 2.05) is 0 Å². The molecule has 0 radical (unpaired) electrons. The molecule has 4 N–H and O–H groups in total. The van der Waals surface area contributed by atoms with Crippen molar-refractivity contribution in [2.24, 2.45) is 0 Å². The minimum Gasteiger partial charge on any atom is -0.481 e. The van der Waals surface area contributed by atoms with E-state index in [2.05, 4.69) is 10.3 Å². The molecule has 1 heterocycles. The van der Waals surface area contributed by atoms with Gasteiger partial charge in [0, 0.05) is 6.07 Å². The zero-order valence-corrected chi connectivity index (χ0v) is 10.7. The number of methoxy groups -OCH3 is 1. The van der Waals surface area contributed by atoms with Gasteiger partial charge in [-0.1, -0.05) is 19.3 Å². The SMILES string of the molecule is COc1ccc(N)c(NC2CCCCCC2O)n1. The lowest BCUT2D eigenvalue weighted by atomic mass is 10.1. The number of nitrogens with one attached hydrogen (secondary N) is 1. The van der Waals surface area contributed by atoms with E-state index in [4.69, 9.17) is 10.5 Å². The summed E-state index contributed by atoms with van der Waals surface area (Å²) in [5.41, 5.74) is 6.46. The summed E-state index contributed by atoms with van der Waals surface area (Å²) < 4.78 is 5.08. The van der Waals surface area contributed by atoms with E-state index >= 15 is 0 Å². The number of nitrogens with zero attached hydrogens (tertiary/aromatic N) is 1. The number of anilines is 2. The normalized spacial score (nSPS) is 24.3. The highest BCUT2D eigenvalue weighted by Gasteiger charge is 2.22. The van der Waals surface area contributed by atoms with Gasteiger partial charge in [-0.05, 0) is 18.9 Å². The zero-order chi connectivity index (χ0) is 13.0. The molecule has 0 spiro atoms. The summed E-state index contributed by atoms with van der Waals surface area (Å²) in [5, 5.41) is 13.3. The maximum atomic E-state index is 10.1. The standard InChI is InChI=1S/C13H21N3O2/c1-18-12-8-7-9(14)13(16-12)15-10-5-3-2-4-6-11(10)17/h7-8,10-11,17H,2-6,14H2,1H3,(H,15,16). The summed E-state index contributed by atoms with van der Waals surface area (Å²) in [5.74, 6) is 1.12. The third-order valence-corrected chi connectivity index (χ3v) is 3.41. The number of hydrogen-bond donors (Lipinski definition) is 3. The minimum atomic E-state index is -0.333. The number of ether oxygens (including phenoxy) is 1. The van der Waals surface area contributed by atoms with Crippen LogP contribution in [0.15, 0.2) is 12.1 Å². The molecule has 2 rings (SSSR count). The molecule has 2 unspecified atom stereocenters. The molecular weight excluding hydrogens is 230 g/mol. The molecule has 0 bridgehead atoms. The van der Waals surface area contributed by atoms with Crippen LogP contribution in [0.25, 0.3) is 0 Å². The van der Waals surface area contributed by atoms with Gasteiger partial charge in [-0.3, -0.25) is 0 Å². The van der Waals surface area contributed by atoms with Crippen LogP contribution in [-0.4, -0.2) is 29.3 Å². The first-order valence-electron chi connectivity index (χ1n) is 6.46. The lowest BCUT2D eigenvalue weighted by molar-refractivity contribution is 0.144. The Morgan fingerprint density at radius 1 is 1.33 bits per heavy atom. The molecule has 1 fully saturated rings. The molecule has 100 valence electrons. The number of pyridine rings is 1. The first kappa shape index (κ1) is 13.0. The van der Waals surface area contributed by atoms with Crippen molar-refractivity contribution in [3.63, 3.8) is 0 Å². The van der Waals surface area contributed by atoms with Gasteiger partial charge < -0.3 is 20.9 Å². The van der Waals surface area contributed by atoms with Gasteiger partial charge in [-0.25, -0.2) is 0 Å². The number of nitrogens with two attached hydrogens (primary N) is 1. The molecule has 1 saturated carbocycles. The van der Waals surface area contributed by atoms with Crippen molar-refractivity contribution in [2.75, 3.05) is 18.2 Å². The van der Waals surface area contributed by atoms with Crippen molar-refractivity contribution < 1.29 is 9.84 Å². The van der Waals surface area contributed by atoms with E-state index < -0.39 is 0 Å². The highest BCUT2D eigenvalue weighted by atomic mass is 16.5. The lowest BCUT2D eigenvalue weighted by Crippen LogP contribution is -2.33. The molecule has 2 atom stereocenters. The average Bonchev–Trinajstić information content (AvgIpc) is 2.58. The zero-order valence-electron chi connectivity index (χ0n) is 10.7. The van der Waals surface area contributed by atoms with Gasteiger partial charge >= 0.3 is 0 Å². The third-order valence-electron chi connectivity index (χ3n) is 3.41. The summed E-state index contributed by atoms with van der Waals surface area (Å²) in [6.45, 7) is 0. The Morgan fingerprint density at radius 3 is 2.89 bits per heavy atom. The highest BCUT2D eigenvalue weighted by Crippen LogP contribution is 2.25. The van der Waals surface area contributed by atoms with E-state index in [-0.39, 0.29) is 12.1 Å². The summed E-state index contributed by atoms with van der Waals surface area (Å²) >= 11 is 0. The third kappa shape index (κ3) is 3.04. The van der Waals surface area contributed by atoms with E-state index in [9.17, 15) is 5.11 Å². The molecule has 18 heavy (non-hydrogen) atoms. The molecule has 0 amide bonds. The Morgan fingerprint density at radius 2 is 2.11 bits per heavy atom. The fourth-order valence-electron chi connectivity index (χ4n) is 2.31. The van der Waals surface area contributed by atoms with Gasteiger partial charge in [0.2, 0.25) is 5.88 Å². The molecule has 0 aromatic carbocycles. The summed E-state index contributed by atoms with van der Waals surface area (Å²) in [4.78, 5) is 4.28. The summed E-state index contributed by atoms with van der Waals surface area (Å²) in [6.07, 6.45) is 4.83. The van der Waals surface area contributed by atoms with Crippen LogP contribution in [0, 0.1) is 0 Å². The molecule has 0 saturated heterocycles. The van der Waals surface area contributed by atoms with Gasteiger partial charge in [0.25, 0.3) is 0 Å². The topological polar surface area (TPSA) is 80.4 Å². The molecular formula is C13H21N3O2. The second-order valence-corrected chi connectivity index (χ2v) is 4.75. The summed E-state index contributed by atoms with van der Waals surface area (Å²) in [7, 11) is 1.57. The average molecular weight is 251 g/mol. The van der Waals surface area contributed by atoms with Crippen LogP contribution in [0.3, 0.4) is 0 Å². The van der Waals surface area contributed by atoms with E-state index in [1.165, 1.54) is 6.42 Å². The van der Waals surface area contributed by atoms with Crippen molar-refractivity contribution in [2.45, 2.75) is 44.2 Å². The number of rotatable bonds is 3. The molecule has 1 aliphatic carbocycles. The molecule has 5 heteroatoms. The molecule has 1 aromatic heterocycles.